The van der Waals surface area contributed by atoms with Crippen LogP contribution in [0.25, 0.3) is 11.0 Å². The number of methoxy groups -OCH3 is 1. The fourth-order valence-corrected chi connectivity index (χ4v) is 1.99. The van der Waals surface area contributed by atoms with Crippen LogP contribution in [0.15, 0.2) is 22.6 Å². The van der Waals surface area contributed by atoms with Crippen LogP contribution >= 0.6 is 0 Å². The van der Waals surface area contributed by atoms with Crippen LogP contribution in [0.2, 0.25) is 0 Å². The van der Waals surface area contributed by atoms with E-state index in [2.05, 4.69) is 6.92 Å². The zero-order valence-electron chi connectivity index (χ0n) is 10.4. The van der Waals surface area contributed by atoms with Crippen molar-refractivity contribution in [2.45, 2.75) is 26.7 Å². The van der Waals surface area contributed by atoms with E-state index in [4.69, 9.17) is 9.15 Å². The predicted octanol–water partition coefficient (Wildman–Crippen LogP) is 3.48. The van der Waals surface area contributed by atoms with Crippen molar-refractivity contribution in [2.75, 3.05) is 7.11 Å². The SMILES string of the molecule is CCCc1oc2ccc(C)cc2c1C(=O)OC. The van der Waals surface area contributed by atoms with Crippen molar-refractivity contribution in [2.24, 2.45) is 0 Å². The molecule has 0 atom stereocenters. The van der Waals surface area contributed by atoms with Crippen LogP contribution in [0.4, 0.5) is 0 Å². The molecule has 2 rings (SSSR count). The molecule has 0 bridgehead atoms. The van der Waals surface area contributed by atoms with Crippen LogP contribution in [0.5, 0.6) is 0 Å². The Labute approximate surface area is 100 Å². The lowest BCUT2D eigenvalue weighted by atomic mass is 10.1. The summed E-state index contributed by atoms with van der Waals surface area (Å²) >= 11 is 0. The third-order valence-electron chi connectivity index (χ3n) is 2.78. The lowest BCUT2D eigenvalue weighted by Crippen LogP contribution is -2.03. The molecule has 0 radical (unpaired) electrons. The Hall–Kier alpha value is -1.77. The van der Waals surface area contributed by atoms with Crippen LogP contribution in [0, 0.1) is 6.92 Å². The molecule has 90 valence electrons. The molecule has 0 N–H and O–H groups in total. The van der Waals surface area contributed by atoms with Gasteiger partial charge in [-0.3, -0.25) is 0 Å². The number of carbonyl (C=O) groups is 1. The van der Waals surface area contributed by atoms with Gasteiger partial charge in [0.25, 0.3) is 0 Å². The lowest BCUT2D eigenvalue weighted by molar-refractivity contribution is 0.0600. The monoisotopic (exact) mass is 232 g/mol. The van der Waals surface area contributed by atoms with Crippen molar-refractivity contribution >= 4 is 16.9 Å². The van der Waals surface area contributed by atoms with E-state index in [9.17, 15) is 4.79 Å². The summed E-state index contributed by atoms with van der Waals surface area (Å²) in [6.45, 7) is 4.05. The molecular weight excluding hydrogens is 216 g/mol. The predicted molar refractivity (Wildman–Crippen MR) is 66.3 cm³/mol. The number of hydrogen-bond donors (Lipinski definition) is 0. The number of esters is 1. The number of aryl methyl sites for hydroxylation is 2. The summed E-state index contributed by atoms with van der Waals surface area (Å²) in [6, 6.07) is 5.84. The second-order valence-electron chi connectivity index (χ2n) is 4.14. The highest BCUT2D eigenvalue weighted by Crippen LogP contribution is 2.28. The van der Waals surface area contributed by atoms with E-state index in [1.165, 1.54) is 7.11 Å². The van der Waals surface area contributed by atoms with E-state index in [1.54, 1.807) is 0 Å². The Balaban J connectivity index is 2.68. The van der Waals surface area contributed by atoms with Gasteiger partial charge in [-0.05, 0) is 25.5 Å². The topological polar surface area (TPSA) is 39.4 Å². The number of benzene rings is 1. The first-order chi connectivity index (χ1) is 8.17. The molecule has 3 nitrogen and oxygen atoms in total. The van der Waals surface area contributed by atoms with Gasteiger partial charge in [-0.2, -0.15) is 0 Å². The molecule has 0 fully saturated rings. The average Bonchev–Trinajstić information content (AvgIpc) is 2.66. The van der Waals surface area contributed by atoms with Crippen molar-refractivity contribution in [3.05, 3.63) is 35.1 Å². The molecule has 0 aliphatic heterocycles. The molecule has 1 aromatic carbocycles. The second kappa shape index (κ2) is 4.62. The minimum absolute atomic E-state index is 0.321. The molecule has 0 amide bonds. The zero-order chi connectivity index (χ0) is 12.4. The quantitative estimate of drug-likeness (QED) is 0.760. The maximum Gasteiger partial charge on any atom is 0.342 e. The molecule has 1 heterocycles. The molecule has 0 aliphatic rings. The molecule has 2 aromatic rings. The first-order valence-corrected chi connectivity index (χ1v) is 5.77. The average molecular weight is 232 g/mol. The Kier molecular flexibility index (Phi) is 3.18. The lowest BCUT2D eigenvalue weighted by Gasteiger charge is -1.99. The molecule has 0 unspecified atom stereocenters. The minimum atomic E-state index is -0.321. The third-order valence-corrected chi connectivity index (χ3v) is 2.78. The Bertz CT molecular complexity index is 552. The van der Waals surface area contributed by atoms with Crippen molar-refractivity contribution in [1.82, 2.24) is 0 Å². The number of furan rings is 1. The van der Waals surface area contributed by atoms with E-state index in [0.29, 0.717) is 5.56 Å². The second-order valence-corrected chi connectivity index (χ2v) is 4.14. The van der Waals surface area contributed by atoms with Crippen LogP contribution in [0.1, 0.15) is 35.0 Å². The molecule has 0 saturated carbocycles. The van der Waals surface area contributed by atoms with Gasteiger partial charge < -0.3 is 9.15 Å². The highest BCUT2D eigenvalue weighted by atomic mass is 16.5. The number of fused-ring (bicyclic) bond motifs is 1. The van der Waals surface area contributed by atoms with Gasteiger partial charge in [0.05, 0.1) is 7.11 Å². The van der Waals surface area contributed by atoms with E-state index in [1.807, 2.05) is 25.1 Å². The molecule has 0 saturated heterocycles. The van der Waals surface area contributed by atoms with E-state index >= 15 is 0 Å². The van der Waals surface area contributed by atoms with Gasteiger partial charge in [-0.25, -0.2) is 4.79 Å². The molecule has 3 heteroatoms. The maximum atomic E-state index is 11.8. The van der Waals surface area contributed by atoms with Crippen LogP contribution < -0.4 is 0 Å². The fourth-order valence-electron chi connectivity index (χ4n) is 1.99. The molecule has 0 aliphatic carbocycles. The largest absolute Gasteiger partial charge is 0.465 e. The molecular formula is C14H16O3. The van der Waals surface area contributed by atoms with Gasteiger partial charge >= 0.3 is 5.97 Å². The Morgan fingerprint density at radius 3 is 2.82 bits per heavy atom. The van der Waals surface area contributed by atoms with Gasteiger partial charge in [0, 0.05) is 11.8 Å². The van der Waals surface area contributed by atoms with Gasteiger partial charge in [0.2, 0.25) is 0 Å². The van der Waals surface area contributed by atoms with Crippen LogP contribution in [-0.2, 0) is 11.2 Å². The Morgan fingerprint density at radius 1 is 1.41 bits per heavy atom. The first kappa shape index (κ1) is 11.7. The number of rotatable bonds is 3. The standard InChI is InChI=1S/C14H16O3/c1-4-5-12-13(14(15)16-3)10-8-9(2)6-7-11(10)17-12/h6-8H,4-5H2,1-3H3. The number of ether oxygens (including phenoxy) is 1. The molecule has 1 aromatic heterocycles. The highest BCUT2D eigenvalue weighted by Gasteiger charge is 2.20. The highest BCUT2D eigenvalue weighted by molar-refractivity contribution is 6.04. The smallest absolute Gasteiger partial charge is 0.342 e. The zero-order valence-corrected chi connectivity index (χ0v) is 10.4. The van der Waals surface area contributed by atoms with Crippen LogP contribution in [-0.4, -0.2) is 13.1 Å². The normalized spacial score (nSPS) is 10.8. The Morgan fingerprint density at radius 2 is 2.18 bits per heavy atom. The van der Waals surface area contributed by atoms with E-state index in [0.717, 1.165) is 35.1 Å². The van der Waals surface area contributed by atoms with Crippen molar-refractivity contribution in [1.29, 1.82) is 0 Å². The summed E-state index contributed by atoms with van der Waals surface area (Å²) in [4.78, 5) is 11.8. The summed E-state index contributed by atoms with van der Waals surface area (Å²) in [6.07, 6.45) is 1.68. The number of hydrogen-bond acceptors (Lipinski definition) is 3. The van der Waals surface area contributed by atoms with E-state index in [-0.39, 0.29) is 5.97 Å². The van der Waals surface area contributed by atoms with E-state index < -0.39 is 0 Å². The van der Waals surface area contributed by atoms with Gasteiger partial charge in [-0.15, -0.1) is 0 Å². The van der Waals surface area contributed by atoms with Gasteiger partial charge in [-0.1, -0.05) is 18.6 Å². The maximum absolute atomic E-state index is 11.8. The third kappa shape index (κ3) is 2.05. The fraction of sp³-hybridized carbons (Fsp3) is 0.357. The van der Waals surface area contributed by atoms with Crippen molar-refractivity contribution < 1.29 is 13.9 Å². The van der Waals surface area contributed by atoms with Gasteiger partial charge in [0.15, 0.2) is 0 Å². The summed E-state index contributed by atoms with van der Waals surface area (Å²) in [5.74, 6) is 0.401. The minimum Gasteiger partial charge on any atom is -0.465 e. The first-order valence-electron chi connectivity index (χ1n) is 5.77. The molecule has 0 spiro atoms. The van der Waals surface area contributed by atoms with Crippen LogP contribution in [0.3, 0.4) is 0 Å². The van der Waals surface area contributed by atoms with Gasteiger partial charge in [0.1, 0.15) is 16.9 Å². The molecule has 17 heavy (non-hydrogen) atoms. The van der Waals surface area contributed by atoms with Crippen molar-refractivity contribution in [3.63, 3.8) is 0 Å². The summed E-state index contributed by atoms with van der Waals surface area (Å²) in [7, 11) is 1.40. The van der Waals surface area contributed by atoms with Crippen molar-refractivity contribution in [3.8, 4) is 0 Å². The number of carbonyl (C=O) groups excluding carboxylic acids is 1. The summed E-state index contributed by atoms with van der Waals surface area (Å²) < 4.78 is 10.5. The summed E-state index contributed by atoms with van der Waals surface area (Å²) in [5, 5.41) is 0.848. The summed E-state index contributed by atoms with van der Waals surface area (Å²) in [5.41, 5.74) is 2.43.